The SMILES string of the molecule is N#Cc1cccc(COc2ccc(CO)cc2F)c1. The molecule has 1 N–H and O–H groups in total. The summed E-state index contributed by atoms with van der Waals surface area (Å²) in [4.78, 5) is 0. The second-order valence-corrected chi connectivity index (χ2v) is 4.02. The standard InChI is InChI=1S/C15H12FNO2/c16-14-7-12(9-18)4-5-15(14)19-10-13-3-1-2-11(6-13)8-17/h1-7,18H,9-10H2. The summed E-state index contributed by atoms with van der Waals surface area (Å²) in [5.74, 6) is -0.387. The van der Waals surface area contributed by atoms with Crippen molar-refractivity contribution in [1.29, 1.82) is 5.26 Å². The minimum Gasteiger partial charge on any atom is -0.486 e. The van der Waals surface area contributed by atoms with E-state index in [-0.39, 0.29) is 19.0 Å². The number of hydrogen-bond donors (Lipinski definition) is 1. The first-order valence-electron chi connectivity index (χ1n) is 5.74. The molecule has 0 aromatic heterocycles. The van der Waals surface area contributed by atoms with Crippen LogP contribution in [0.5, 0.6) is 5.75 Å². The maximum Gasteiger partial charge on any atom is 0.165 e. The second-order valence-electron chi connectivity index (χ2n) is 4.02. The van der Waals surface area contributed by atoms with Crippen LogP contribution in [-0.2, 0) is 13.2 Å². The monoisotopic (exact) mass is 257 g/mol. The third-order valence-electron chi connectivity index (χ3n) is 2.63. The Labute approximate surface area is 110 Å². The average Bonchev–Trinajstić information content (AvgIpc) is 2.46. The minimum absolute atomic E-state index is 0.125. The third kappa shape index (κ3) is 3.30. The minimum atomic E-state index is -0.511. The summed E-state index contributed by atoms with van der Waals surface area (Å²) in [6, 6.07) is 13.3. The van der Waals surface area contributed by atoms with Gasteiger partial charge in [0, 0.05) is 0 Å². The zero-order valence-corrected chi connectivity index (χ0v) is 10.1. The molecule has 0 fully saturated rings. The Bertz CT molecular complexity index is 620. The lowest BCUT2D eigenvalue weighted by molar-refractivity contribution is 0.276. The Morgan fingerprint density at radius 3 is 2.68 bits per heavy atom. The molecule has 19 heavy (non-hydrogen) atoms. The summed E-state index contributed by atoms with van der Waals surface area (Å²) < 4.78 is 19.0. The van der Waals surface area contributed by atoms with Crippen LogP contribution < -0.4 is 4.74 Å². The third-order valence-corrected chi connectivity index (χ3v) is 2.63. The quantitative estimate of drug-likeness (QED) is 0.916. The Kier molecular flexibility index (Phi) is 4.11. The molecule has 0 atom stereocenters. The van der Waals surface area contributed by atoms with E-state index in [1.165, 1.54) is 12.1 Å². The summed E-state index contributed by atoms with van der Waals surface area (Å²) >= 11 is 0. The van der Waals surface area contributed by atoms with Crippen LogP contribution in [0.25, 0.3) is 0 Å². The van der Waals surface area contributed by atoms with Crippen LogP contribution in [0.1, 0.15) is 16.7 Å². The molecular formula is C15H12FNO2. The van der Waals surface area contributed by atoms with Crippen molar-refractivity contribution >= 4 is 0 Å². The number of halogens is 1. The molecule has 4 heteroatoms. The van der Waals surface area contributed by atoms with Crippen molar-refractivity contribution in [2.45, 2.75) is 13.2 Å². The fraction of sp³-hybridized carbons (Fsp3) is 0.133. The van der Waals surface area contributed by atoms with Gasteiger partial charge >= 0.3 is 0 Å². The number of aliphatic hydroxyl groups is 1. The molecule has 0 saturated carbocycles. The topological polar surface area (TPSA) is 53.2 Å². The summed E-state index contributed by atoms with van der Waals surface area (Å²) in [6.07, 6.45) is 0. The average molecular weight is 257 g/mol. The van der Waals surface area contributed by atoms with Gasteiger partial charge in [0.05, 0.1) is 18.2 Å². The van der Waals surface area contributed by atoms with Gasteiger partial charge in [0.2, 0.25) is 0 Å². The number of nitrogens with zero attached hydrogens (tertiary/aromatic N) is 1. The van der Waals surface area contributed by atoms with Gasteiger partial charge in [-0.2, -0.15) is 5.26 Å². The Hall–Kier alpha value is -2.38. The number of rotatable bonds is 4. The molecule has 0 radical (unpaired) electrons. The molecule has 0 aliphatic rings. The lowest BCUT2D eigenvalue weighted by Crippen LogP contribution is -1.98. The summed E-state index contributed by atoms with van der Waals surface area (Å²) in [6.45, 7) is -0.0215. The molecule has 0 aliphatic heterocycles. The maximum absolute atomic E-state index is 13.6. The first-order valence-corrected chi connectivity index (χ1v) is 5.74. The molecule has 0 spiro atoms. The first-order chi connectivity index (χ1) is 9.22. The van der Waals surface area contributed by atoms with E-state index >= 15 is 0 Å². The zero-order chi connectivity index (χ0) is 13.7. The lowest BCUT2D eigenvalue weighted by Gasteiger charge is -2.08. The normalized spacial score (nSPS) is 9.95. The van der Waals surface area contributed by atoms with Gasteiger partial charge in [-0.3, -0.25) is 0 Å². The van der Waals surface area contributed by atoms with Crippen LogP contribution in [0.4, 0.5) is 4.39 Å². The number of aliphatic hydroxyl groups excluding tert-OH is 1. The Morgan fingerprint density at radius 1 is 1.16 bits per heavy atom. The predicted octanol–water partition coefficient (Wildman–Crippen LogP) is 2.77. The molecule has 96 valence electrons. The van der Waals surface area contributed by atoms with E-state index in [1.807, 2.05) is 6.07 Å². The van der Waals surface area contributed by atoms with E-state index in [0.29, 0.717) is 11.1 Å². The number of nitriles is 1. The number of benzene rings is 2. The molecule has 0 bridgehead atoms. The van der Waals surface area contributed by atoms with E-state index in [9.17, 15) is 4.39 Å². The van der Waals surface area contributed by atoms with Crippen molar-refractivity contribution < 1.29 is 14.2 Å². The van der Waals surface area contributed by atoms with Crippen LogP contribution in [0, 0.1) is 17.1 Å². The van der Waals surface area contributed by atoms with Crippen LogP contribution in [-0.4, -0.2) is 5.11 Å². The number of ether oxygens (including phenoxy) is 1. The van der Waals surface area contributed by atoms with E-state index < -0.39 is 5.82 Å². The highest BCUT2D eigenvalue weighted by Gasteiger charge is 2.05. The molecule has 2 aromatic carbocycles. The van der Waals surface area contributed by atoms with Gasteiger partial charge in [0.15, 0.2) is 11.6 Å². The molecule has 0 aliphatic carbocycles. The van der Waals surface area contributed by atoms with E-state index in [1.54, 1.807) is 30.3 Å². The van der Waals surface area contributed by atoms with Gasteiger partial charge in [0.1, 0.15) is 6.61 Å². The number of hydrogen-bond acceptors (Lipinski definition) is 3. The molecule has 2 rings (SSSR count). The highest BCUT2D eigenvalue weighted by atomic mass is 19.1. The van der Waals surface area contributed by atoms with Gasteiger partial charge in [0.25, 0.3) is 0 Å². The zero-order valence-electron chi connectivity index (χ0n) is 10.1. The largest absolute Gasteiger partial charge is 0.486 e. The van der Waals surface area contributed by atoms with Crippen molar-refractivity contribution in [3.63, 3.8) is 0 Å². The van der Waals surface area contributed by atoms with Crippen molar-refractivity contribution in [3.8, 4) is 11.8 Å². The molecule has 0 amide bonds. The Morgan fingerprint density at radius 2 is 2.00 bits per heavy atom. The fourth-order valence-corrected chi connectivity index (χ4v) is 1.65. The van der Waals surface area contributed by atoms with Crippen molar-refractivity contribution in [1.82, 2.24) is 0 Å². The van der Waals surface area contributed by atoms with Gasteiger partial charge < -0.3 is 9.84 Å². The molecule has 3 nitrogen and oxygen atoms in total. The van der Waals surface area contributed by atoms with Gasteiger partial charge in [-0.25, -0.2) is 4.39 Å². The fourth-order valence-electron chi connectivity index (χ4n) is 1.65. The second kappa shape index (κ2) is 5.98. The van der Waals surface area contributed by atoms with Crippen LogP contribution in [0.15, 0.2) is 42.5 Å². The van der Waals surface area contributed by atoms with Gasteiger partial charge in [-0.1, -0.05) is 18.2 Å². The highest BCUT2D eigenvalue weighted by molar-refractivity contribution is 5.33. The smallest absolute Gasteiger partial charge is 0.165 e. The van der Waals surface area contributed by atoms with E-state index in [2.05, 4.69) is 0 Å². The van der Waals surface area contributed by atoms with Crippen LogP contribution in [0.3, 0.4) is 0 Å². The molecule has 0 unspecified atom stereocenters. The Balaban J connectivity index is 2.08. The van der Waals surface area contributed by atoms with Crippen molar-refractivity contribution in [3.05, 3.63) is 65.0 Å². The molecule has 2 aromatic rings. The van der Waals surface area contributed by atoms with Crippen LogP contribution in [0.2, 0.25) is 0 Å². The summed E-state index contributed by atoms with van der Waals surface area (Å²) in [5, 5.41) is 17.7. The van der Waals surface area contributed by atoms with Crippen LogP contribution >= 0.6 is 0 Å². The summed E-state index contributed by atoms with van der Waals surface area (Å²) in [5.41, 5.74) is 1.83. The highest BCUT2D eigenvalue weighted by Crippen LogP contribution is 2.19. The summed E-state index contributed by atoms with van der Waals surface area (Å²) in [7, 11) is 0. The van der Waals surface area contributed by atoms with E-state index in [4.69, 9.17) is 15.1 Å². The molecule has 0 heterocycles. The van der Waals surface area contributed by atoms with E-state index in [0.717, 1.165) is 5.56 Å². The molecule has 0 saturated heterocycles. The van der Waals surface area contributed by atoms with Crippen molar-refractivity contribution in [2.24, 2.45) is 0 Å². The first kappa shape index (κ1) is 13.1. The lowest BCUT2D eigenvalue weighted by atomic mass is 10.1. The van der Waals surface area contributed by atoms with Crippen molar-refractivity contribution in [2.75, 3.05) is 0 Å². The van der Waals surface area contributed by atoms with Gasteiger partial charge in [-0.15, -0.1) is 0 Å². The van der Waals surface area contributed by atoms with Gasteiger partial charge in [-0.05, 0) is 35.4 Å². The predicted molar refractivity (Wildman–Crippen MR) is 67.8 cm³/mol. The maximum atomic E-state index is 13.6. The molecular weight excluding hydrogens is 245 g/mol.